The van der Waals surface area contributed by atoms with Gasteiger partial charge in [0.25, 0.3) is 0 Å². The molecule has 2 N–H and O–H groups in total. The van der Waals surface area contributed by atoms with Gasteiger partial charge in [-0.15, -0.1) is 0 Å². The zero-order valence-corrected chi connectivity index (χ0v) is 14.6. The molecule has 0 spiro atoms. The molecule has 1 aliphatic heterocycles. The quantitative estimate of drug-likeness (QED) is 0.885. The number of nitrogens with one attached hydrogen (secondary N) is 1. The number of aromatic nitrogens is 3. The van der Waals surface area contributed by atoms with Crippen LogP contribution in [-0.4, -0.2) is 43.8 Å². The fourth-order valence-corrected chi connectivity index (χ4v) is 3.52. The highest BCUT2D eigenvalue weighted by Crippen LogP contribution is 2.29. The van der Waals surface area contributed by atoms with E-state index in [4.69, 9.17) is 0 Å². The Morgan fingerprint density at radius 1 is 1.40 bits per heavy atom. The third-order valence-electron chi connectivity index (χ3n) is 5.02. The van der Waals surface area contributed by atoms with Crippen molar-refractivity contribution >= 4 is 5.91 Å². The predicted octanol–water partition coefficient (Wildman–Crippen LogP) is 1.81. The molecule has 134 valence electrons. The van der Waals surface area contributed by atoms with E-state index in [2.05, 4.69) is 10.2 Å². The highest BCUT2D eigenvalue weighted by Gasteiger charge is 2.29. The monoisotopic (exact) mass is 344 g/mol. The Morgan fingerprint density at radius 3 is 2.76 bits per heavy atom. The van der Waals surface area contributed by atoms with E-state index in [1.807, 2.05) is 24.8 Å². The number of phenolic OH excluding ortho intramolecular Hbond substituents is 1. The summed E-state index contributed by atoms with van der Waals surface area (Å²) in [4.78, 5) is 26.3. The Balaban J connectivity index is 1.65. The van der Waals surface area contributed by atoms with Crippen LogP contribution < -0.4 is 5.69 Å². The van der Waals surface area contributed by atoms with Gasteiger partial charge in [0.05, 0.1) is 5.92 Å². The number of carbonyl (C=O) groups is 1. The molecule has 1 aliphatic rings. The van der Waals surface area contributed by atoms with Crippen molar-refractivity contribution in [2.45, 2.75) is 45.1 Å². The Bertz CT molecular complexity index is 803. The van der Waals surface area contributed by atoms with Gasteiger partial charge in [0.15, 0.2) is 0 Å². The Labute approximate surface area is 146 Å². The molecule has 0 aliphatic carbocycles. The number of hydrogen-bond acceptors (Lipinski definition) is 4. The lowest BCUT2D eigenvalue weighted by Crippen LogP contribution is -2.40. The van der Waals surface area contributed by atoms with Crippen molar-refractivity contribution in [3.8, 4) is 5.75 Å². The molecule has 7 heteroatoms. The van der Waals surface area contributed by atoms with Gasteiger partial charge in [-0.1, -0.05) is 12.1 Å². The molecule has 1 saturated heterocycles. The van der Waals surface area contributed by atoms with Gasteiger partial charge >= 0.3 is 5.69 Å². The molecular formula is C18H24N4O3. The lowest BCUT2D eigenvalue weighted by atomic mass is 9.93. The van der Waals surface area contributed by atoms with Crippen LogP contribution in [0.3, 0.4) is 0 Å². The second kappa shape index (κ2) is 7.13. The van der Waals surface area contributed by atoms with E-state index in [9.17, 15) is 14.7 Å². The summed E-state index contributed by atoms with van der Waals surface area (Å²) in [6.45, 7) is 5.69. The van der Waals surface area contributed by atoms with E-state index in [0.717, 1.165) is 24.2 Å². The predicted molar refractivity (Wildman–Crippen MR) is 93.6 cm³/mol. The van der Waals surface area contributed by atoms with Gasteiger partial charge in [0, 0.05) is 25.6 Å². The van der Waals surface area contributed by atoms with E-state index >= 15 is 0 Å². The van der Waals surface area contributed by atoms with Gasteiger partial charge in [0.1, 0.15) is 11.6 Å². The van der Waals surface area contributed by atoms with Crippen molar-refractivity contribution in [3.05, 3.63) is 46.1 Å². The van der Waals surface area contributed by atoms with Crippen molar-refractivity contribution in [3.63, 3.8) is 0 Å². The average molecular weight is 344 g/mol. The van der Waals surface area contributed by atoms with E-state index in [1.165, 1.54) is 0 Å². The van der Waals surface area contributed by atoms with Crippen molar-refractivity contribution in [2.75, 3.05) is 13.1 Å². The summed E-state index contributed by atoms with van der Waals surface area (Å²) in [6.07, 6.45) is 1.59. The van der Waals surface area contributed by atoms with E-state index in [1.54, 1.807) is 22.8 Å². The SMILES string of the molecule is CCn1c(C2CCN(C(=O)C(C)c3cccc(O)c3)CC2)n[nH]c1=O. The summed E-state index contributed by atoms with van der Waals surface area (Å²) in [5, 5.41) is 16.3. The summed E-state index contributed by atoms with van der Waals surface area (Å²) < 4.78 is 1.66. The van der Waals surface area contributed by atoms with Crippen LogP contribution in [0.4, 0.5) is 0 Å². The highest BCUT2D eigenvalue weighted by atomic mass is 16.3. The lowest BCUT2D eigenvalue weighted by Gasteiger charge is -2.33. The average Bonchev–Trinajstić information content (AvgIpc) is 3.01. The number of aromatic amines is 1. The number of aromatic hydroxyl groups is 1. The van der Waals surface area contributed by atoms with Gasteiger partial charge in [0.2, 0.25) is 5.91 Å². The fraction of sp³-hybridized carbons (Fsp3) is 0.500. The fourth-order valence-electron chi connectivity index (χ4n) is 3.52. The van der Waals surface area contributed by atoms with Crippen LogP contribution in [-0.2, 0) is 11.3 Å². The second-order valence-corrected chi connectivity index (χ2v) is 6.55. The van der Waals surface area contributed by atoms with Crippen molar-refractivity contribution in [1.29, 1.82) is 0 Å². The van der Waals surface area contributed by atoms with Gasteiger partial charge in [-0.3, -0.25) is 9.36 Å². The van der Waals surface area contributed by atoms with Crippen molar-refractivity contribution in [1.82, 2.24) is 19.7 Å². The number of hydrogen-bond donors (Lipinski definition) is 2. The molecule has 0 saturated carbocycles. The molecule has 0 radical (unpaired) electrons. The first kappa shape index (κ1) is 17.3. The van der Waals surface area contributed by atoms with E-state index in [-0.39, 0.29) is 29.2 Å². The number of nitrogens with zero attached hydrogens (tertiary/aromatic N) is 3. The molecule has 2 aromatic rings. The smallest absolute Gasteiger partial charge is 0.343 e. The first-order valence-electron chi connectivity index (χ1n) is 8.74. The maximum absolute atomic E-state index is 12.7. The maximum Gasteiger partial charge on any atom is 0.343 e. The van der Waals surface area contributed by atoms with E-state index < -0.39 is 0 Å². The molecule has 1 aromatic heterocycles. The molecule has 1 fully saturated rings. The van der Waals surface area contributed by atoms with Crippen molar-refractivity contribution < 1.29 is 9.90 Å². The molecule has 1 aromatic carbocycles. The molecule has 25 heavy (non-hydrogen) atoms. The van der Waals surface area contributed by atoms with Gasteiger partial charge in [-0.25, -0.2) is 9.89 Å². The molecule has 0 bridgehead atoms. The second-order valence-electron chi connectivity index (χ2n) is 6.55. The number of likely N-dealkylation sites (tertiary alicyclic amines) is 1. The Hall–Kier alpha value is -2.57. The third-order valence-corrected chi connectivity index (χ3v) is 5.02. The number of amides is 1. The minimum Gasteiger partial charge on any atom is -0.508 e. The molecular weight excluding hydrogens is 320 g/mol. The number of H-pyrrole nitrogens is 1. The minimum absolute atomic E-state index is 0.0685. The summed E-state index contributed by atoms with van der Waals surface area (Å²) in [5.41, 5.74) is 0.646. The van der Waals surface area contributed by atoms with Gasteiger partial charge in [-0.05, 0) is 44.4 Å². The summed E-state index contributed by atoms with van der Waals surface area (Å²) in [5.74, 6) is 0.938. The highest BCUT2D eigenvalue weighted by molar-refractivity contribution is 5.83. The third kappa shape index (κ3) is 3.45. The molecule has 3 rings (SSSR count). The standard InChI is InChI=1S/C18H24N4O3/c1-3-22-16(19-20-18(22)25)13-7-9-21(10-8-13)17(24)12(2)14-5-4-6-15(23)11-14/h4-6,11-13,23H,3,7-10H2,1-2H3,(H,20,25). The van der Waals surface area contributed by atoms with Crippen LogP contribution in [0.25, 0.3) is 0 Å². The first-order valence-corrected chi connectivity index (χ1v) is 8.74. The largest absolute Gasteiger partial charge is 0.508 e. The van der Waals surface area contributed by atoms with E-state index in [0.29, 0.717) is 19.6 Å². The zero-order valence-electron chi connectivity index (χ0n) is 14.6. The summed E-state index contributed by atoms with van der Waals surface area (Å²) in [6, 6.07) is 6.85. The molecule has 1 unspecified atom stereocenters. The topological polar surface area (TPSA) is 91.2 Å². The summed E-state index contributed by atoms with van der Waals surface area (Å²) >= 11 is 0. The van der Waals surface area contributed by atoms with Crippen LogP contribution in [0.1, 0.15) is 49.9 Å². The Kier molecular flexibility index (Phi) is 4.92. The van der Waals surface area contributed by atoms with Crippen LogP contribution >= 0.6 is 0 Å². The number of piperidine rings is 1. The zero-order chi connectivity index (χ0) is 18.0. The maximum atomic E-state index is 12.7. The first-order chi connectivity index (χ1) is 12.0. The number of benzene rings is 1. The summed E-state index contributed by atoms with van der Waals surface area (Å²) in [7, 11) is 0. The number of carbonyl (C=O) groups excluding carboxylic acids is 1. The molecule has 7 nitrogen and oxygen atoms in total. The van der Waals surface area contributed by atoms with Gasteiger partial charge < -0.3 is 10.0 Å². The number of phenols is 1. The number of rotatable bonds is 4. The van der Waals surface area contributed by atoms with Crippen LogP contribution in [0.15, 0.2) is 29.1 Å². The van der Waals surface area contributed by atoms with Crippen LogP contribution in [0, 0.1) is 0 Å². The minimum atomic E-state index is -0.289. The molecule has 1 atom stereocenters. The lowest BCUT2D eigenvalue weighted by molar-refractivity contribution is -0.133. The molecule has 1 amide bonds. The van der Waals surface area contributed by atoms with Crippen LogP contribution in [0.5, 0.6) is 5.75 Å². The molecule has 2 heterocycles. The van der Waals surface area contributed by atoms with Gasteiger partial charge in [-0.2, -0.15) is 5.10 Å². The normalized spacial score (nSPS) is 16.8. The Morgan fingerprint density at radius 2 is 2.12 bits per heavy atom. The van der Waals surface area contributed by atoms with Crippen LogP contribution in [0.2, 0.25) is 0 Å². The van der Waals surface area contributed by atoms with Crippen molar-refractivity contribution in [2.24, 2.45) is 0 Å².